The number of anilines is 1. The van der Waals surface area contributed by atoms with E-state index in [0.29, 0.717) is 12.2 Å². The fourth-order valence-electron chi connectivity index (χ4n) is 3.54. The van der Waals surface area contributed by atoms with E-state index in [9.17, 15) is 4.79 Å². The molecule has 0 atom stereocenters. The van der Waals surface area contributed by atoms with Crippen LogP contribution in [0.25, 0.3) is 0 Å². The van der Waals surface area contributed by atoms with Gasteiger partial charge in [0.2, 0.25) is 0 Å². The van der Waals surface area contributed by atoms with Gasteiger partial charge in [-0.05, 0) is 53.8 Å². The van der Waals surface area contributed by atoms with Crippen LogP contribution in [0.1, 0.15) is 27.2 Å². The molecule has 0 N–H and O–H groups in total. The van der Waals surface area contributed by atoms with E-state index in [1.165, 1.54) is 16.7 Å². The summed E-state index contributed by atoms with van der Waals surface area (Å²) < 4.78 is 0. The number of rotatable bonds is 5. The van der Waals surface area contributed by atoms with E-state index in [0.717, 1.165) is 31.6 Å². The molecule has 0 radical (unpaired) electrons. The minimum atomic E-state index is 0.000455. The topological polar surface area (TPSA) is 49.3 Å². The van der Waals surface area contributed by atoms with E-state index in [2.05, 4.69) is 33.1 Å². The predicted octanol–water partition coefficient (Wildman–Crippen LogP) is 3.35. The first-order chi connectivity index (χ1) is 13.7. The Labute approximate surface area is 165 Å². The van der Waals surface area contributed by atoms with Crippen LogP contribution in [0.5, 0.6) is 0 Å². The van der Waals surface area contributed by atoms with Gasteiger partial charge in [-0.15, -0.1) is 0 Å². The summed E-state index contributed by atoms with van der Waals surface area (Å²) in [6.07, 6.45) is 7.26. The van der Waals surface area contributed by atoms with Crippen molar-refractivity contribution in [1.82, 2.24) is 14.9 Å². The second-order valence-corrected chi connectivity index (χ2v) is 7.17. The third kappa shape index (κ3) is 4.03. The minimum Gasteiger partial charge on any atom is -0.373 e. The average molecular weight is 372 g/mol. The van der Waals surface area contributed by atoms with Gasteiger partial charge in [0.05, 0.1) is 11.9 Å². The summed E-state index contributed by atoms with van der Waals surface area (Å²) in [7, 11) is 2.04. The van der Waals surface area contributed by atoms with E-state index in [4.69, 9.17) is 0 Å². The van der Waals surface area contributed by atoms with Gasteiger partial charge in [0.1, 0.15) is 5.69 Å². The van der Waals surface area contributed by atoms with Crippen LogP contribution in [-0.4, -0.2) is 40.9 Å². The van der Waals surface area contributed by atoms with Crippen molar-refractivity contribution in [3.05, 3.63) is 89.5 Å². The Hall–Kier alpha value is -3.21. The Morgan fingerprint density at radius 3 is 2.61 bits per heavy atom. The van der Waals surface area contributed by atoms with Crippen LogP contribution in [0, 0.1) is 0 Å². The van der Waals surface area contributed by atoms with Crippen molar-refractivity contribution in [2.45, 2.75) is 19.4 Å². The molecule has 1 aliphatic rings. The maximum Gasteiger partial charge on any atom is 0.272 e. The summed E-state index contributed by atoms with van der Waals surface area (Å²) in [6.45, 7) is 2.28. The zero-order valence-corrected chi connectivity index (χ0v) is 16.1. The number of carbonyl (C=O) groups is 1. The second-order valence-electron chi connectivity index (χ2n) is 7.17. The molecule has 142 valence electrons. The summed E-state index contributed by atoms with van der Waals surface area (Å²) in [5.41, 5.74) is 5.34. The summed E-state index contributed by atoms with van der Waals surface area (Å²) in [4.78, 5) is 25.4. The number of hydrogen-bond acceptors (Lipinski definition) is 4. The molecule has 0 saturated heterocycles. The van der Waals surface area contributed by atoms with E-state index in [1.54, 1.807) is 6.20 Å². The van der Waals surface area contributed by atoms with E-state index >= 15 is 0 Å². The third-order valence-corrected chi connectivity index (χ3v) is 5.31. The van der Waals surface area contributed by atoms with Gasteiger partial charge in [-0.2, -0.15) is 0 Å². The summed E-state index contributed by atoms with van der Waals surface area (Å²) in [6, 6.07) is 16.2. The summed E-state index contributed by atoms with van der Waals surface area (Å²) in [5, 5.41) is 0. The molecule has 28 heavy (non-hydrogen) atoms. The van der Waals surface area contributed by atoms with Gasteiger partial charge in [-0.3, -0.25) is 9.78 Å². The molecule has 0 aliphatic carbocycles. The minimum absolute atomic E-state index is 0.000455. The fraction of sp³-hybridized carbons (Fsp3) is 0.261. The number of carbonyl (C=O) groups excluding carboxylic acids is 1. The zero-order chi connectivity index (χ0) is 19.3. The molecule has 1 amide bonds. The van der Waals surface area contributed by atoms with Gasteiger partial charge < -0.3 is 9.80 Å². The second kappa shape index (κ2) is 8.21. The lowest BCUT2D eigenvalue weighted by Gasteiger charge is -2.28. The Morgan fingerprint density at radius 2 is 1.86 bits per heavy atom. The monoisotopic (exact) mass is 372 g/mol. The first-order valence-corrected chi connectivity index (χ1v) is 9.63. The number of nitrogens with zero attached hydrogens (tertiary/aromatic N) is 4. The number of pyridine rings is 2. The highest BCUT2D eigenvalue weighted by Crippen LogP contribution is 2.20. The molecule has 0 fully saturated rings. The van der Waals surface area contributed by atoms with E-state index in [-0.39, 0.29) is 5.91 Å². The number of hydrogen-bond donors (Lipinski definition) is 0. The molecule has 3 aromatic rings. The summed E-state index contributed by atoms with van der Waals surface area (Å²) >= 11 is 0. The molecule has 1 aliphatic heterocycles. The smallest absolute Gasteiger partial charge is 0.272 e. The van der Waals surface area contributed by atoms with Crippen LogP contribution in [0.2, 0.25) is 0 Å². The Balaban J connectivity index is 1.38. The quantitative estimate of drug-likeness (QED) is 0.689. The van der Waals surface area contributed by atoms with Gasteiger partial charge >= 0.3 is 0 Å². The number of amides is 1. The van der Waals surface area contributed by atoms with Crippen molar-refractivity contribution < 1.29 is 4.79 Å². The van der Waals surface area contributed by atoms with Crippen LogP contribution >= 0.6 is 0 Å². The number of aromatic nitrogens is 2. The van der Waals surface area contributed by atoms with Crippen molar-refractivity contribution in [2.75, 3.05) is 25.0 Å². The molecule has 1 aromatic carbocycles. The molecule has 0 bridgehead atoms. The molecule has 5 nitrogen and oxygen atoms in total. The highest BCUT2D eigenvalue weighted by atomic mass is 16.2. The van der Waals surface area contributed by atoms with Crippen LogP contribution < -0.4 is 4.90 Å². The number of benzene rings is 1. The van der Waals surface area contributed by atoms with Crippen molar-refractivity contribution in [3.8, 4) is 0 Å². The first kappa shape index (κ1) is 18.2. The SMILES string of the molecule is CN(CCc1ccncc1)c1ccc(C(=O)N2CCc3ccccc3C2)nc1. The van der Waals surface area contributed by atoms with Gasteiger partial charge in [-0.25, -0.2) is 4.98 Å². The largest absolute Gasteiger partial charge is 0.373 e. The normalized spacial score (nSPS) is 13.1. The first-order valence-electron chi connectivity index (χ1n) is 9.63. The van der Waals surface area contributed by atoms with E-state index in [1.807, 2.05) is 54.7 Å². The molecule has 5 heteroatoms. The fourth-order valence-corrected chi connectivity index (χ4v) is 3.54. The van der Waals surface area contributed by atoms with Crippen molar-refractivity contribution >= 4 is 11.6 Å². The van der Waals surface area contributed by atoms with Crippen molar-refractivity contribution in [3.63, 3.8) is 0 Å². The van der Waals surface area contributed by atoms with Crippen LogP contribution in [0.15, 0.2) is 67.1 Å². The van der Waals surface area contributed by atoms with Gasteiger partial charge in [0.25, 0.3) is 5.91 Å². The standard InChI is InChI=1S/C23H24N4O/c1-26(14-10-18-8-12-24-13-9-18)21-6-7-22(25-16-21)23(28)27-15-11-19-4-2-3-5-20(19)17-27/h2-9,12-13,16H,10-11,14-15,17H2,1H3. The third-order valence-electron chi connectivity index (χ3n) is 5.31. The number of likely N-dealkylation sites (N-methyl/N-ethyl adjacent to an activating group) is 1. The molecule has 0 saturated carbocycles. The maximum absolute atomic E-state index is 12.8. The summed E-state index contributed by atoms with van der Waals surface area (Å²) in [5.74, 6) is 0.000455. The molecular formula is C23H24N4O. The van der Waals surface area contributed by atoms with Gasteiger partial charge in [0.15, 0.2) is 0 Å². The highest BCUT2D eigenvalue weighted by molar-refractivity contribution is 5.92. The van der Waals surface area contributed by atoms with Gasteiger partial charge in [0, 0.05) is 39.1 Å². The zero-order valence-electron chi connectivity index (χ0n) is 16.1. The van der Waals surface area contributed by atoms with Crippen molar-refractivity contribution in [1.29, 1.82) is 0 Å². The lowest BCUT2D eigenvalue weighted by Crippen LogP contribution is -2.36. The molecule has 0 unspecified atom stereocenters. The molecule has 3 heterocycles. The molecule has 2 aromatic heterocycles. The molecular weight excluding hydrogens is 348 g/mol. The van der Waals surface area contributed by atoms with Crippen LogP contribution in [0.4, 0.5) is 5.69 Å². The van der Waals surface area contributed by atoms with E-state index < -0.39 is 0 Å². The predicted molar refractivity (Wildman–Crippen MR) is 110 cm³/mol. The lowest BCUT2D eigenvalue weighted by molar-refractivity contribution is 0.0729. The Morgan fingerprint density at radius 1 is 1.07 bits per heavy atom. The van der Waals surface area contributed by atoms with Crippen molar-refractivity contribution in [2.24, 2.45) is 0 Å². The number of fused-ring (bicyclic) bond motifs is 1. The van der Waals surface area contributed by atoms with Crippen LogP contribution in [0.3, 0.4) is 0 Å². The molecule has 4 rings (SSSR count). The lowest BCUT2D eigenvalue weighted by atomic mass is 10.00. The Kier molecular flexibility index (Phi) is 5.33. The Bertz CT molecular complexity index is 940. The average Bonchev–Trinajstić information content (AvgIpc) is 2.77. The maximum atomic E-state index is 12.8. The highest BCUT2D eigenvalue weighted by Gasteiger charge is 2.22. The van der Waals surface area contributed by atoms with Gasteiger partial charge in [-0.1, -0.05) is 24.3 Å². The molecule has 0 spiro atoms. The van der Waals surface area contributed by atoms with Crippen LogP contribution in [-0.2, 0) is 19.4 Å².